The van der Waals surface area contributed by atoms with Crippen molar-refractivity contribution in [2.45, 2.75) is 13.0 Å². The molecule has 0 aliphatic carbocycles. The van der Waals surface area contributed by atoms with Gasteiger partial charge in [-0.2, -0.15) is 0 Å². The van der Waals surface area contributed by atoms with Crippen molar-refractivity contribution in [3.8, 4) is 0 Å². The van der Waals surface area contributed by atoms with E-state index in [1.807, 2.05) is 42.5 Å². The molecule has 28 heavy (non-hydrogen) atoms. The van der Waals surface area contributed by atoms with Gasteiger partial charge < -0.3 is 16.0 Å². The Balaban J connectivity index is 1.48. The van der Waals surface area contributed by atoms with Crippen LogP contribution in [0.3, 0.4) is 0 Å². The van der Waals surface area contributed by atoms with E-state index in [4.69, 9.17) is 0 Å². The number of benzene rings is 2. The fraction of sp³-hybridized carbons (Fsp3) is 0.143. The van der Waals surface area contributed by atoms with Gasteiger partial charge >= 0.3 is 0 Å². The van der Waals surface area contributed by atoms with E-state index in [9.17, 15) is 9.59 Å². The lowest BCUT2D eigenvalue weighted by molar-refractivity contribution is -0.115. The highest BCUT2D eigenvalue weighted by Crippen LogP contribution is 2.22. The third-order valence-corrected chi connectivity index (χ3v) is 5.68. The van der Waals surface area contributed by atoms with Gasteiger partial charge in [0.15, 0.2) is 0 Å². The van der Waals surface area contributed by atoms with Gasteiger partial charge in [-0.05, 0) is 64.8 Å². The highest BCUT2D eigenvalue weighted by atomic mass is 79.9. The second kappa shape index (κ2) is 9.52. The summed E-state index contributed by atoms with van der Waals surface area (Å²) >= 11 is 4.63. The van der Waals surface area contributed by atoms with Crippen LogP contribution in [0, 0.1) is 0 Å². The van der Waals surface area contributed by atoms with Crippen LogP contribution in [-0.4, -0.2) is 18.4 Å². The predicted molar refractivity (Wildman–Crippen MR) is 118 cm³/mol. The molecule has 2 amide bonds. The number of hydrogen-bond acceptors (Lipinski definition) is 4. The molecule has 1 atom stereocenters. The van der Waals surface area contributed by atoms with Crippen LogP contribution in [0.4, 0.5) is 11.4 Å². The first kappa shape index (κ1) is 20.1. The number of thiophene rings is 1. The first-order valence-electron chi connectivity index (χ1n) is 8.76. The molecule has 0 aliphatic rings. The molecule has 3 aromatic rings. The molecule has 1 unspecified atom stereocenters. The third kappa shape index (κ3) is 5.68. The van der Waals surface area contributed by atoms with Gasteiger partial charge in [-0.1, -0.05) is 30.3 Å². The molecule has 1 aromatic heterocycles. The van der Waals surface area contributed by atoms with Crippen LogP contribution in [-0.2, 0) is 4.79 Å². The quantitative estimate of drug-likeness (QED) is 0.464. The number of rotatable bonds is 7. The van der Waals surface area contributed by atoms with E-state index in [2.05, 4.69) is 50.9 Å². The van der Waals surface area contributed by atoms with Gasteiger partial charge in [0.1, 0.15) is 0 Å². The van der Waals surface area contributed by atoms with Crippen LogP contribution >= 0.6 is 27.3 Å². The fourth-order valence-electron chi connectivity index (χ4n) is 2.61. The Hall–Kier alpha value is -2.64. The highest BCUT2D eigenvalue weighted by molar-refractivity contribution is 9.11. The van der Waals surface area contributed by atoms with Crippen LogP contribution in [0.15, 0.2) is 70.5 Å². The molecule has 0 saturated carbocycles. The van der Waals surface area contributed by atoms with Gasteiger partial charge in [0, 0.05) is 17.4 Å². The number of amides is 2. The lowest BCUT2D eigenvalue weighted by atomic mass is 10.1. The van der Waals surface area contributed by atoms with E-state index in [0.717, 1.165) is 9.47 Å². The zero-order valence-corrected chi connectivity index (χ0v) is 17.6. The van der Waals surface area contributed by atoms with Crippen molar-refractivity contribution in [1.29, 1.82) is 0 Å². The Morgan fingerprint density at radius 3 is 2.29 bits per heavy atom. The molecule has 7 heteroatoms. The summed E-state index contributed by atoms with van der Waals surface area (Å²) in [6.07, 6.45) is 0. The van der Waals surface area contributed by atoms with Crippen molar-refractivity contribution in [2.24, 2.45) is 0 Å². The van der Waals surface area contributed by atoms with E-state index < -0.39 is 0 Å². The number of carbonyl (C=O) groups is 2. The van der Waals surface area contributed by atoms with Crippen LogP contribution < -0.4 is 16.0 Å². The first-order valence-corrected chi connectivity index (χ1v) is 10.4. The normalized spacial score (nSPS) is 11.5. The van der Waals surface area contributed by atoms with E-state index in [1.54, 1.807) is 12.1 Å². The molecule has 0 bridgehead atoms. The Kier molecular flexibility index (Phi) is 6.84. The lowest BCUT2D eigenvalue weighted by Crippen LogP contribution is -2.32. The molecular weight excluding hydrogens is 438 g/mol. The second-order valence-electron chi connectivity index (χ2n) is 6.19. The maximum Gasteiger partial charge on any atom is 0.261 e. The summed E-state index contributed by atoms with van der Waals surface area (Å²) in [5.41, 5.74) is 2.84. The van der Waals surface area contributed by atoms with Crippen LogP contribution in [0.1, 0.15) is 28.2 Å². The molecule has 2 aromatic carbocycles. The summed E-state index contributed by atoms with van der Waals surface area (Å²) in [4.78, 5) is 24.6. The fourth-order valence-corrected chi connectivity index (χ4v) is 3.92. The van der Waals surface area contributed by atoms with E-state index in [1.165, 1.54) is 16.9 Å². The largest absolute Gasteiger partial charge is 0.379 e. The number of halogens is 1. The van der Waals surface area contributed by atoms with Crippen molar-refractivity contribution in [1.82, 2.24) is 5.32 Å². The Morgan fingerprint density at radius 2 is 1.64 bits per heavy atom. The molecular formula is C21H20BrN3O2S. The zero-order chi connectivity index (χ0) is 19.9. The molecule has 0 radical (unpaired) electrons. The standard InChI is InChI=1S/C21H20BrN3O2S/c1-14(15-5-3-2-4-6-15)24-16-7-9-17(10-8-16)25-20(26)13-23-21(27)18-11-12-19(22)28-18/h2-12,14,24H,13H2,1H3,(H,23,27)(H,25,26). The summed E-state index contributed by atoms with van der Waals surface area (Å²) in [5, 5.41) is 8.82. The van der Waals surface area contributed by atoms with Crippen molar-refractivity contribution < 1.29 is 9.59 Å². The molecule has 3 N–H and O–H groups in total. The summed E-state index contributed by atoms with van der Waals surface area (Å²) in [7, 11) is 0. The number of hydrogen-bond donors (Lipinski definition) is 3. The number of nitrogens with one attached hydrogen (secondary N) is 3. The van der Waals surface area contributed by atoms with Crippen molar-refractivity contribution >= 4 is 50.5 Å². The van der Waals surface area contributed by atoms with Gasteiger partial charge in [-0.3, -0.25) is 9.59 Å². The predicted octanol–water partition coefficient (Wildman–Crippen LogP) is 5.05. The summed E-state index contributed by atoms with van der Waals surface area (Å²) in [6.45, 7) is 2.01. The summed E-state index contributed by atoms with van der Waals surface area (Å²) < 4.78 is 0.873. The summed E-state index contributed by atoms with van der Waals surface area (Å²) in [6, 6.07) is 21.4. The van der Waals surface area contributed by atoms with Gasteiger partial charge in [0.25, 0.3) is 5.91 Å². The topological polar surface area (TPSA) is 70.2 Å². The molecule has 3 rings (SSSR count). The average molecular weight is 458 g/mol. The first-order chi connectivity index (χ1) is 13.5. The smallest absolute Gasteiger partial charge is 0.261 e. The van der Waals surface area contributed by atoms with Gasteiger partial charge in [-0.15, -0.1) is 11.3 Å². The minimum Gasteiger partial charge on any atom is -0.379 e. The molecule has 144 valence electrons. The maximum absolute atomic E-state index is 12.1. The Labute approximate surface area is 176 Å². The molecule has 0 spiro atoms. The van der Waals surface area contributed by atoms with Crippen LogP contribution in [0.25, 0.3) is 0 Å². The van der Waals surface area contributed by atoms with Crippen molar-refractivity contribution in [2.75, 3.05) is 17.2 Å². The van der Waals surface area contributed by atoms with Gasteiger partial charge in [-0.25, -0.2) is 0 Å². The van der Waals surface area contributed by atoms with Crippen molar-refractivity contribution in [3.63, 3.8) is 0 Å². The highest BCUT2D eigenvalue weighted by Gasteiger charge is 2.10. The zero-order valence-electron chi connectivity index (χ0n) is 15.2. The molecule has 1 heterocycles. The van der Waals surface area contributed by atoms with Crippen LogP contribution in [0.5, 0.6) is 0 Å². The minimum absolute atomic E-state index is 0.0839. The molecule has 0 saturated heterocycles. The number of carbonyl (C=O) groups excluding carboxylic acids is 2. The molecule has 5 nitrogen and oxygen atoms in total. The average Bonchev–Trinajstić information content (AvgIpc) is 3.15. The monoisotopic (exact) mass is 457 g/mol. The van der Waals surface area contributed by atoms with E-state index >= 15 is 0 Å². The summed E-state index contributed by atoms with van der Waals surface area (Å²) in [5.74, 6) is -0.539. The lowest BCUT2D eigenvalue weighted by Gasteiger charge is -2.16. The van der Waals surface area contributed by atoms with Crippen LogP contribution in [0.2, 0.25) is 0 Å². The van der Waals surface area contributed by atoms with E-state index in [-0.39, 0.29) is 24.4 Å². The van der Waals surface area contributed by atoms with Gasteiger partial charge in [0.2, 0.25) is 5.91 Å². The maximum atomic E-state index is 12.1. The van der Waals surface area contributed by atoms with E-state index in [0.29, 0.717) is 10.6 Å². The van der Waals surface area contributed by atoms with Gasteiger partial charge in [0.05, 0.1) is 15.2 Å². The molecule has 0 aliphatic heterocycles. The van der Waals surface area contributed by atoms with Crippen molar-refractivity contribution in [3.05, 3.63) is 81.0 Å². The Morgan fingerprint density at radius 1 is 0.964 bits per heavy atom. The SMILES string of the molecule is CC(Nc1ccc(NC(=O)CNC(=O)c2ccc(Br)s2)cc1)c1ccccc1. The molecule has 0 fully saturated rings. The number of anilines is 2. The second-order valence-corrected chi connectivity index (χ2v) is 8.65. The Bertz CT molecular complexity index is 942. The minimum atomic E-state index is -0.276. The third-order valence-electron chi connectivity index (χ3n) is 4.06.